The minimum Gasteiger partial charge on any atom is -0.311 e. The fourth-order valence-corrected chi connectivity index (χ4v) is 4.91. The number of nitrogens with one attached hydrogen (secondary N) is 1. The average Bonchev–Trinajstić information content (AvgIpc) is 2.56. The van der Waals surface area contributed by atoms with E-state index < -0.39 is 0 Å². The van der Waals surface area contributed by atoms with E-state index in [4.69, 9.17) is 0 Å². The van der Waals surface area contributed by atoms with E-state index in [0.717, 1.165) is 18.5 Å². The van der Waals surface area contributed by atoms with Crippen molar-refractivity contribution in [2.45, 2.75) is 57.5 Å². The lowest BCUT2D eigenvalue weighted by Gasteiger charge is -2.47. The molecule has 0 radical (unpaired) electrons. The van der Waals surface area contributed by atoms with Gasteiger partial charge in [-0.25, -0.2) is 0 Å². The van der Waals surface area contributed by atoms with Crippen LogP contribution in [-0.2, 0) is 6.54 Å². The molecule has 114 valence electrons. The molecule has 0 bridgehead atoms. The molecular formula is C19H28N2. The molecule has 1 aliphatic carbocycles. The van der Waals surface area contributed by atoms with E-state index in [2.05, 4.69) is 34.5 Å². The van der Waals surface area contributed by atoms with Crippen LogP contribution in [0.5, 0.6) is 0 Å². The van der Waals surface area contributed by atoms with Crippen molar-refractivity contribution >= 4 is 0 Å². The summed E-state index contributed by atoms with van der Waals surface area (Å²) < 4.78 is 0. The summed E-state index contributed by atoms with van der Waals surface area (Å²) in [6, 6.07) is 9.64. The lowest BCUT2D eigenvalue weighted by atomic mass is 9.68. The monoisotopic (exact) mass is 284 g/mol. The predicted molar refractivity (Wildman–Crippen MR) is 87.2 cm³/mol. The summed E-state index contributed by atoms with van der Waals surface area (Å²) in [5.74, 6) is 0. The van der Waals surface area contributed by atoms with Gasteiger partial charge in [0.25, 0.3) is 0 Å². The highest BCUT2D eigenvalue weighted by Gasteiger charge is 2.38. The first kappa shape index (κ1) is 13.8. The van der Waals surface area contributed by atoms with Gasteiger partial charge in [-0.2, -0.15) is 0 Å². The van der Waals surface area contributed by atoms with Crippen LogP contribution in [0.1, 0.15) is 62.1 Å². The van der Waals surface area contributed by atoms with Gasteiger partial charge in [-0.15, -0.1) is 0 Å². The topological polar surface area (TPSA) is 15.3 Å². The van der Waals surface area contributed by atoms with Crippen molar-refractivity contribution in [1.82, 2.24) is 10.2 Å². The highest BCUT2D eigenvalue weighted by atomic mass is 15.2. The van der Waals surface area contributed by atoms with Crippen LogP contribution in [0.25, 0.3) is 0 Å². The van der Waals surface area contributed by atoms with Crippen molar-refractivity contribution in [2.24, 2.45) is 5.41 Å². The molecule has 1 saturated heterocycles. The third-order valence-corrected chi connectivity index (χ3v) is 6.28. The molecule has 4 rings (SSSR count). The second kappa shape index (κ2) is 5.73. The first-order valence-electron chi connectivity index (χ1n) is 8.89. The van der Waals surface area contributed by atoms with Gasteiger partial charge in [-0.05, 0) is 55.3 Å². The van der Waals surface area contributed by atoms with Gasteiger partial charge in [-0.3, -0.25) is 4.90 Å². The van der Waals surface area contributed by atoms with Gasteiger partial charge in [0, 0.05) is 19.1 Å². The smallest absolute Gasteiger partial charge is 0.0476 e. The minimum absolute atomic E-state index is 0.607. The van der Waals surface area contributed by atoms with Crippen LogP contribution >= 0.6 is 0 Å². The number of rotatable bonds is 1. The second-order valence-corrected chi connectivity index (χ2v) is 7.44. The largest absolute Gasteiger partial charge is 0.311 e. The Bertz CT molecular complexity index is 480. The zero-order chi connectivity index (χ0) is 14.1. The van der Waals surface area contributed by atoms with Crippen molar-refractivity contribution in [2.75, 3.05) is 19.6 Å². The molecule has 1 N–H and O–H groups in total. The first-order valence-corrected chi connectivity index (χ1v) is 8.89. The van der Waals surface area contributed by atoms with Crippen LogP contribution < -0.4 is 5.32 Å². The van der Waals surface area contributed by atoms with E-state index >= 15 is 0 Å². The van der Waals surface area contributed by atoms with Crippen LogP contribution in [0.3, 0.4) is 0 Å². The van der Waals surface area contributed by atoms with Crippen molar-refractivity contribution in [3.8, 4) is 0 Å². The van der Waals surface area contributed by atoms with E-state index in [0.29, 0.717) is 6.04 Å². The number of hydrogen-bond acceptors (Lipinski definition) is 2. The maximum Gasteiger partial charge on any atom is 0.0476 e. The average molecular weight is 284 g/mol. The third kappa shape index (κ3) is 2.64. The van der Waals surface area contributed by atoms with Crippen LogP contribution in [0.4, 0.5) is 0 Å². The maximum atomic E-state index is 3.62. The number of nitrogens with zero attached hydrogens (tertiary/aromatic N) is 1. The van der Waals surface area contributed by atoms with Gasteiger partial charge in [0.05, 0.1) is 0 Å². The molecule has 2 nitrogen and oxygen atoms in total. The summed E-state index contributed by atoms with van der Waals surface area (Å²) in [4.78, 5) is 2.75. The van der Waals surface area contributed by atoms with Crippen molar-refractivity contribution in [3.63, 3.8) is 0 Å². The third-order valence-electron chi connectivity index (χ3n) is 6.28. The molecule has 21 heavy (non-hydrogen) atoms. The molecule has 1 aromatic rings. The molecule has 2 heterocycles. The Balaban J connectivity index is 1.47. The fourth-order valence-electron chi connectivity index (χ4n) is 4.91. The zero-order valence-electron chi connectivity index (χ0n) is 13.1. The fraction of sp³-hybridized carbons (Fsp3) is 0.684. The number of piperidine rings is 1. The molecule has 1 aromatic carbocycles. The summed E-state index contributed by atoms with van der Waals surface area (Å²) in [6.07, 6.45) is 10.3. The molecule has 3 aliphatic rings. The van der Waals surface area contributed by atoms with E-state index in [1.807, 2.05) is 0 Å². The molecule has 0 aromatic heterocycles. The number of benzene rings is 1. The van der Waals surface area contributed by atoms with E-state index in [1.54, 1.807) is 5.56 Å². The quantitative estimate of drug-likeness (QED) is 0.842. The number of fused-ring (bicyclic) bond motifs is 1. The number of likely N-dealkylation sites (tertiary alicyclic amines) is 1. The van der Waals surface area contributed by atoms with Gasteiger partial charge in [0.1, 0.15) is 0 Å². The molecule has 2 heteroatoms. The molecule has 1 spiro atoms. The number of hydrogen-bond donors (Lipinski definition) is 1. The molecule has 2 fully saturated rings. The van der Waals surface area contributed by atoms with Crippen LogP contribution in [0.2, 0.25) is 0 Å². The Labute approximate surface area is 128 Å². The Morgan fingerprint density at radius 1 is 0.952 bits per heavy atom. The highest BCUT2D eigenvalue weighted by molar-refractivity contribution is 5.32. The summed E-state index contributed by atoms with van der Waals surface area (Å²) in [7, 11) is 0. The lowest BCUT2D eigenvalue weighted by molar-refractivity contribution is 0.0425. The Morgan fingerprint density at radius 2 is 1.71 bits per heavy atom. The Morgan fingerprint density at radius 3 is 2.52 bits per heavy atom. The summed E-state index contributed by atoms with van der Waals surface area (Å²) >= 11 is 0. The lowest BCUT2D eigenvalue weighted by Crippen LogP contribution is -2.46. The van der Waals surface area contributed by atoms with Crippen molar-refractivity contribution in [3.05, 3.63) is 35.4 Å². The van der Waals surface area contributed by atoms with Crippen molar-refractivity contribution in [1.29, 1.82) is 0 Å². The van der Waals surface area contributed by atoms with E-state index in [-0.39, 0.29) is 0 Å². The maximum absolute atomic E-state index is 3.62. The second-order valence-electron chi connectivity index (χ2n) is 7.44. The standard InChI is InChI=1S/C19H28N2/c1-4-8-19(9-5-1)10-12-21(13-11-19)18-15-20-14-16-6-2-3-7-17(16)18/h2-3,6-7,18,20H,1,4-5,8-15H2. The summed E-state index contributed by atoms with van der Waals surface area (Å²) in [5.41, 5.74) is 3.80. The van der Waals surface area contributed by atoms with Gasteiger partial charge >= 0.3 is 0 Å². The summed E-state index contributed by atoms with van der Waals surface area (Å²) in [6.45, 7) is 4.79. The first-order chi connectivity index (χ1) is 10.4. The van der Waals surface area contributed by atoms with Gasteiger partial charge in [-0.1, -0.05) is 43.5 Å². The van der Waals surface area contributed by atoms with Gasteiger partial charge in [0.15, 0.2) is 0 Å². The van der Waals surface area contributed by atoms with Gasteiger partial charge < -0.3 is 5.32 Å². The highest BCUT2D eigenvalue weighted by Crippen LogP contribution is 2.45. The molecule has 2 aliphatic heterocycles. The van der Waals surface area contributed by atoms with Crippen molar-refractivity contribution < 1.29 is 0 Å². The summed E-state index contributed by atoms with van der Waals surface area (Å²) in [5, 5.41) is 3.62. The predicted octanol–water partition coefficient (Wildman–Crippen LogP) is 3.88. The Hall–Kier alpha value is -0.860. The minimum atomic E-state index is 0.607. The van der Waals surface area contributed by atoms with E-state index in [1.165, 1.54) is 63.6 Å². The van der Waals surface area contributed by atoms with Gasteiger partial charge in [0.2, 0.25) is 0 Å². The van der Waals surface area contributed by atoms with Crippen LogP contribution in [0.15, 0.2) is 24.3 Å². The van der Waals surface area contributed by atoms with Crippen LogP contribution in [0, 0.1) is 5.41 Å². The Kier molecular flexibility index (Phi) is 3.76. The molecule has 0 amide bonds. The molecular weight excluding hydrogens is 256 g/mol. The molecule has 1 unspecified atom stereocenters. The van der Waals surface area contributed by atoms with Crippen LogP contribution in [-0.4, -0.2) is 24.5 Å². The molecule has 1 saturated carbocycles. The zero-order valence-corrected chi connectivity index (χ0v) is 13.1. The normalized spacial score (nSPS) is 29.2. The molecule has 1 atom stereocenters. The SMILES string of the molecule is c1ccc2c(c1)CNCC2N1CCC2(CCCCC2)CC1. The van der Waals surface area contributed by atoms with E-state index in [9.17, 15) is 0 Å².